The largest absolute Gasteiger partial charge is 0.482 e. The lowest BCUT2D eigenvalue weighted by molar-refractivity contribution is -0.137. The number of fused-ring (bicyclic) bond motifs is 1. The Morgan fingerprint density at radius 1 is 1.23 bits per heavy atom. The van der Waals surface area contributed by atoms with E-state index in [1.807, 2.05) is 0 Å². The Balaban J connectivity index is 1.75. The van der Waals surface area contributed by atoms with Crippen molar-refractivity contribution in [3.63, 3.8) is 0 Å². The van der Waals surface area contributed by atoms with Crippen LogP contribution in [0.3, 0.4) is 0 Å². The summed E-state index contributed by atoms with van der Waals surface area (Å²) in [6, 6.07) is 8.70. The van der Waals surface area contributed by atoms with Crippen LogP contribution in [0, 0.1) is 0 Å². The summed E-state index contributed by atoms with van der Waals surface area (Å²) in [5.74, 6) is -0.380. The van der Waals surface area contributed by atoms with Gasteiger partial charge in [-0.25, -0.2) is 0 Å². The van der Waals surface area contributed by atoms with E-state index in [2.05, 4.69) is 10.6 Å². The quantitative estimate of drug-likeness (QED) is 0.876. The van der Waals surface area contributed by atoms with Gasteiger partial charge in [0.15, 0.2) is 6.61 Å². The fourth-order valence-electron chi connectivity index (χ4n) is 2.56. The van der Waals surface area contributed by atoms with Gasteiger partial charge in [-0.1, -0.05) is 12.1 Å². The van der Waals surface area contributed by atoms with E-state index in [4.69, 9.17) is 4.74 Å². The predicted octanol–water partition coefficient (Wildman–Crippen LogP) is 3.53. The first-order valence-electron chi connectivity index (χ1n) is 7.79. The molecule has 1 atom stereocenters. The molecule has 5 nitrogen and oxygen atoms in total. The van der Waals surface area contributed by atoms with Gasteiger partial charge in [0.05, 0.1) is 17.3 Å². The average molecular weight is 364 g/mol. The topological polar surface area (TPSA) is 67.4 Å². The molecular weight excluding hydrogens is 349 g/mol. The SMILES string of the molecule is CC(NC(=O)c1ccc2c(c1)OCC(=O)N2)c1cccc(C(F)(F)F)c1. The van der Waals surface area contributed by atoms with Crippen molar-refractivity contribution in [2.75, 3.05) is 11.9 Å². The zero-order chi connectivity index (χ0) is 18.9. The van der Waals surface area contributed by atoms with Crippen molar-refractivity contribution < 1.29 is 27.5 Å². The van der Waals surface area contributed by atoms with Crippen LogP contribution in [0.15, 0.2) is 42.5 Å². The summed E-state index contributed by atoms with van der Waals surface area (Å²) in [6.45, 7) is 1.46. The number of nitrogens with one attached hydrogen (secondary N) is 2. The number of rotatable bonds is 3. The second-order valence-corrected chi connectivity index (χ2v) is 5.87. The molecule has 0 saturated heterocycles. The molecule has 1 unspecified atom stereocenters. The molecule has 136 valence electrons. The van der Waals surface area contributed by atoms with Crippen LogP contribution in [-0.4, -0.2) is 18.4 Å². The minimum absolute atomic E-state index is 0.140. The maximum atomic E-state index is 12.8. The second-order valence-electron chi connectivity index (χ2n) is 5.87. The zero-order valence-corrected chi connectivity index (χ0v) is 13.7. The van der Waals surface area contributed by atoms with E-state index in [0.717, 1.165) is 12.1 Å². The van der Waals surface area contributed by atoms with Crippen LogP contribution < -0.4 is 15.4 Å². The van der Waals surface area contributed by atoms with E-state index in [1.54, 1.807) is 6.92 Å². The molecule has 1 aliphatic heterocycles. The lowest BCUT2D eigenvalue weighted by atomic mass is 10.0. The van der Waals surface area contributed by atoms with Crippen molar-refractivity contribution in [3.05, 3.63) is 59.2 Å². The normalized spacial score (nSPS) is 14.7. The van der Waals surface area contributed by atoms with Crippen LogP contribution in [0.5, 0.6) is 5.75 Å². The van der Waals surface area contributed by atoms with Crippen molar-refractivity contribution in [1.82, 2.24) is 5.32 Å². The molecule has 2 aromatic rings. The Kier molecular flexibility index (Phi) is 4.58. The summed E-state index contributed by atoms with van der Waals surface area (Å²) in [7, 11) is 0. The Bertz CT molecular complexity index is 865. The van der Waals surface area contributed by atoms with E-state index >= 15 is 0 Å². The molecule has 1 heterocycles. The van der Waals surface area contributed by atoms with E-state index in [0.29, 0.717) is 17.0 Å². The summed E-state index contributed by atoms with van der Waals surface area (Å²) >= 11 is 0. The summed E-state index contributed by atoms with van der Waals surface area (Å²) in [5.41, 5.74) is 0.311. The third kappa shape index (κ3) is 3.79. The Morgan fingerprint density at radius 2 is 2.00 bits per heavy atom. The Hall–Kier alpha value is -3.03. The summed E-state index contributed by atoms with van der Waals surface area (Å²) < 4.78 is 43.7. The number of halogens is 3. The van der Waals surface area contributed by atoms with Gasteiger partial charge in [0.2, 0.25) is 0 Å². The van der Waals surface area contributed by atoms with Crippen LogP contribution in [0.1, 0.15) is 34.5 Å². The minimum Gasteiger partial charge on any atom is -0.482 e. The van der Waals surface area contributed by atoms with Crippen molar-refractivity contribution in [3.8, 4) is 5.75 Å². The third-order valence-corrected chi connectivity index (χ3v) is 3.94. The molecule has 2 aromatic carbocycles. The predicted molar refractivity (Wildman–Crippen MR) is 87.9 cm³/mol. The number of benzene rings is 2. The van der Waals surface area contributed by atoms with Crippen LogP contribution >= 0.6 is 0 Å². The van der Waals surface area contributed by atoms with Crippen molar-refractivity contribution in [2.45, 2.75) is 19.1 Å². The molecule has 2 amide bonds. The van der Waals surface area contributed by atoms with E-state index in [1.165, 1.54) is 30.3 Å². The first-order valence-corrected chi connectivity index (χ1v) is 7.79. The van der Waals surface area contributed by atoms with E-state index in [-0.39, 0.29) is 18.1 Å². The molecule has 0 bridgehead atoms. The first kappa shape index (κ1) is 17.8. The smallest absolute Gasteiger partial charge is 0.416 e. The summed E-state index contributed by atoms with van der Waals surface area (Å²) in [5, 5.41) is 5.27. The second kappa shape index (κ2) is 6.70. The molecule has 0 aliphatic carbocycles. The number of carbonyl (C=O) groups excluding carboxylic acids is 2. The highest BCUT2D eigenvalue weighted by atomic mass is 19.4. The summed E-state index contributed by atoms with van der Waals surface area (Å²) in [6.07, 6.45) is -4.44. The first-order chi connectivity index (χ1) is 12.2. The molecule has 26 heavy (non-hydrogen) atoms. The van der Waals surface area contributed by atoms with Gasteiger partial charge in [0.1, 0.15) is 5.75 Å². The third-order valence-electron chi connectivity index (χ3n) is 3.94. The van der Waals surface area contributed by atoms with Crippen molar-refractivity contribution >= 4 is 17.5 Å². The number of ether oxygens (including phenoxy) is 1. The maximum absolute atomic E-state index is 12.8. The molecule has 3 rings (SSSR count). The number of anilines is 1. The highest BCUT2D eigenvalue weighted by Gasteiger charge is 2.30. The van der Waals surface area contributed by atoms with Crippen LogP contribution in [0.2, 0.25) is 0 Å². The number of hydrogen-bond donors (Lipinski definition) is 2. The number of alkyl halides is 3. The van der Waals surface area contributed by atoms with Crippen molar-refractivity contribution in [2.24, 2.45) is 0 Å². The Labute approximate surface area is 147 Å². The standard InChI is InChI=1S/C18H15F3N2O3/c1-10(11-3-2-4-13(7-11)18(19,20)21)22-17(25)12-5-6-14-15(8-12)26-9-16(24)23-14/h2-8,10H,9H2,1H3,(H,22,25)(H,23,24). The van der Waals surface area contributed by atoms with E-state index in [9.17, 15) is 22.8 Å². The van der Waals surface area contributed by atoms with Gasteiger partial charge in [0.25, 0.3) is 11.8 Å². The maximum Gasteiger partial charge on any atom is 0.416 e. The molecule has 0 fully saturated rings. The highest BCUT2D eigenvalue weighted by molar-refractivity contribution is 5.99. The van der Waals surface area contributed by atoms with Crippen molar-refractivity contribution in [1.29, 1.82) is 0 Å². The molecule has 0 saturated carbocycles. The number of amides is 2. The molecule has 0 radical (unpaired) electrons. The van der Waals surface area contributed by atoms with Gasteiger partial charge < -0.3 is 15.4 Å². The highest BCUT2D eigenvalue weighted by Crippen LogP contribution is 2.31. The minimum atomic E-state index is -4.44. The average Bonchev–Trinajstić information content (AvgIpc) is 2.60. The van der Waals surface area contributed by atoms with Gasteiger partial charge in [-0.15, -0.1) is 0 Å². The van der Waals surface area contributed by atoms with Gasteiger partial charge in [-0.05, 0) is 42.8 Å². The summed E-state index contributed by atoms with van der Waals surface area (Å²) in [4.78, 5) is 23.6. The fraction of sp³-hybridized carbons (Fsp3) is 0.222. The monoisotopic (exact) mass is 364 g/mol. The van der Waals surface area contributed by atoms with Crippen LogP contribution in [-0.2, 0) is 11.0 Å². The van der Waals surface area contributed by atoms with Crippen LogP contribution in [0.25, 0.3) is 0 Å². The fourth-order valence-corrected chi connectivity index (χ4v) is 2.56. The number of hydrogen-bond acceptors (Lipinski definition) is 3. The lowest BCUT2D eigenvalue weighted by Crippen LogP contribution is -2.28. The van der Waals surface area contributed by atoms with Gasteiger partial charge in [-0.2, -0.15) is 13.2 Å². The van der Waals surface area contributed by atoms with Gasteiger partial charge >= 0.3 is 6.18 Å². The molecule has 2 N–H and O–H groups in total. The lowest BCUT2D eigenvalue weighted by Gasteiger charge is -2.19. The molecule has 8 heteroatoms. The molecule has 0 spiro atoms. The van der Waals surface area contributed by atoms with Gasteiger partial charge in [-0.3, -0.25) is 9.59 Å². The number of carbonyl (C=O) groups is 2. The van der Waals surface area contributed by atoms with Gasteiger partial charge in [0, 0.05) is 5.56 Å². The molecule has 1 aliphatic rings. The zero-order valence-electron chi connectivity index (χ0n) is 13.7. The van der Waals surface area contributed by atoms with E-state index < -0.39 is 23.7 Å². The molecule has 0 aromatic heterocycles. The molecular formula is C18H15F3N2O3. The van der Waals surface area contributed by atoms with Crippen LogP contribution in [0.4, 0.5) is 18.9 Å². The Morgan fingerprint density at radius 3 is 2.73 bits per heavy atom.